The van der Waals surface area contributed by atoms with E-state index >= 15 is 0 Å². The summed E-state index contributed by atoms with van der Waals surface area (Å²) in [4.78, 5) is 19.0. The second-order valence-electron chi connectivity index (χ2n) is 6.90. The number of imidazole rings is 1. The van der Waals surface area contributed by atoms with Gasteiger partial charge in [0.15, 0.2) is 11.5 Å². The van der Waals surface area contributed by atoms with Gasteiger partial charge in [0.25, 0.3) is 6.43 Å². The number of hydrogen-bond donors (Lipinski definition) is 3. The number of piperazine rings is 1. The van der Waals surface area contributed by atoms with Crippen molar-refractivity contribution in [1.29, 1.82) is 5.41 Å². The molecule has 0 bridgehead atoms. The molecule has 2 unspecified atom stereocenters. The molecule has 9 nitrogen and oxygen atoms in total. The Kier molecular flexibility index (Phi) is 5.36. The molecular formula is C19H21F2N9. The predicted octanol–water partition coefficient (Wildman–Crippen LogP) is 1.78. The van der Waals surface area contributed by atoms with Gasteiger partial charge in [0.05, 0.1) is 18.4 Å². The summed E-state index contributed by atoms with van der Waals surface area (Å²) in [7, 11) is 0. The van der Waals surface area contributed by atoms with Crippen molar-refractivity contribution in [1.82, 2.24) is 29.7 Å². The van der Waals surface area contributed by atoms with Crippen LogP contribution in [0.5, 0.6) is 0 Å². The molecule has 3 aromatic heterocycles. The number of alkyl halides is 2. The summed E-state index contributed by atoms with van der Waals surface area (Å²) in [6.45, 7) is 3.43. The number of rotatable bonds is 5. The fraction of sp³-hybridized carbons (Fsp3) is 0.316. The predicted molar refractivity (Wildman–Crippen MR) is 109 cm³/mol. The minimum Gasteiger partial charge on any atom is -0.404 e. The van der Waals surface area contributed by atoms with Crippen LogP contribution in [-0.4, -0.2) is 55.7 Å². The van der Waals surface area contributed by atoms with Gasteiger partial charge in [-0.25, -0.2) is 28.7 Å². The quantitative estimate of drug-likeness (QED) is 0.545. The first kappa shape index (κ1) is 19.8. The highest BCUT2D eigenvalue weighted by molar-refractivity contribution is 5.78. The minimum atomic E-state index is -2.69. The van der Waals surface area contributed by atoms with Crippen LogP contribution in [-0.2, 0) is 0 Å². The molecule has 0 aromatic carbocycles. The molecule has 1 saturated heterocycles. The van der Waals surface area contributed by atoms with Crippen molar-refractivity contribution in [3.05, 3.63) is 48.3 Å². The molecule has 0 saturated carbocycles. The number of anilines is 1. The number of nitrogens with two attached hydrogens (primary N) is 1. The first-order chi connectivity index (χ1) is 14.5. The van der Waals surface area contributed by atoms with Crippen molar-refractivity contribution in [3.63, 3.8) is 0 Å². The van der Waals surface area contributed by atoms with Crippen molar-refractivity contribution in [2.75, 3.05) is 18.0 Å². The molecule has 1 fully saturated rings. The summed E-state index contributed by atoms with van der Waals surface area (Å²) in [6.07, 6.45) is 5.72. The molecule has 3 aromatic rings. The maximum Gasteiger partial charge on any atom is 0.281 e. The second-order valence-corrected chi connectivity index (χ2v) is 6.90. The van der Waals surface area contributed by atoms with Gasteiger partial charge in [-0.05, 0) is 13.0 Å². The zero-order valence-corrected chi connectivity index (χ0v) is 16.2. The molecule has 11 heteroatoms. The molecule has 30 heavy (non-hydrogen) atoms. The lowest BCUT2D eigenvalue weighted by Gasteiger charge is -2.41. The van der Waals surface area contributed by atoms with E-state index < -0.39 is 6.43 Å². The normalized spacial score (nSPS) is 20.1. The summed E-state index contributed by atoms with van der Waals surface area (Å²) in [5.74, 6) is 1.06. The molecule has 0 spiro atoms. The zero-order valence-electron chi connectivity index (χ0n) is 16.2. The third-order valence-corrected chi connectivity index (χ3v) is 5.21. The van der Waals surface area contributed by atoms with Crippen LogP contribution >= 0.6 is 0 Å². The molecule has 1 aliphatic rings. The molecule has 0 amide bonds. The number of hydrogen-bond acceptors (Lipinski definition) is 8. The van der Waals surface area contributed by atoms with Crippen LogP contribution in [0.15, 0.2) is 42.6 Å². The standard InChI is InChI=1S/C19H21F2N9/c1-11-17(12(6-22)7-23)24-4-5-29(11)15-2-3-25-19(28-15)14-8-27-16-9-26-13(18(20)21)10-30(14)16/h2-3,6-11,17-18,22,24H,4-5,23H2,1H3/b12-7+,22-6?. The highest BCUT2D eigenvalue weighted by Gasteiger charge is 2.30. The van der Waals surface area contributed by atoms with Gasteiger partial charge < -0.3 is 21.4 Å². The Hall–Kier alpha value is -3.47. The first-order valence-corrected chi connectivity index (χ1v) is 9.40. The van der Waals surface area contributed by atoms with Crippen molar-refractivity contribution < 1.29 is 8.78 Å². The van der Waals surface area contributed by atoms with Crippen LogP contribution in [0.2, 0.25) is 0 Å². The Bertz CT molecular complexity index is 1090. The van der Waals surface area contributed by atoms with Crippen LogP contribution in [0.1, 0.15) is 19.0 Å². The monoisotopic (exact) mass is 413 g/mol. The maximum absolute atomic E-state index is 13.1. The summed E-state index contributed by atoms with van der Waals surface area (Å²) < 4.78 is 27.7. The van der Waals surface area contributed by atoms with E-state index in [1.807, 2.05) is 6.92 Å². The SMILES string of the molecule is CC1C(/C(C=N)=C/N)NCCN1c1ccnc(-c2cnc3cnc(C(F)F)cn23)n1. The van der Waals surface area contributed by atoms with Gasteiger partial charge in [-0.3, -0.25) is 4.40 Å². The third-order valence-electron chi connectivity index (χ3n) is 5.21. The molecule has 4 heterocycles. The van der Waals surface area contributed by atoms with Gasteiger partial charge in [-0.1, -0.05) is 0 Å². The van der Waals surface area contributed by atoms with Crippen molar-refractivity contribution in [3.8, 4) is 11.5 Å². The molecule has 1 aliphatic heterocycles. The Morgan fingerprint density at radius 1 is 1.33 bits per heavy atom. The molecule has 2 atom stereocenters. The summed E-state index contributed by atoms with van der Waals surface area (Å²) in [5.41, 5.74) is 6.95. The Morgan fingerprint density at radius 2 is 2.17 bits per heavy atom. The molecule has 4 rings (SSSR count). The fourth-order valence-electron chi connectivity index (χ4n) is 3.67. The topological polar surface area (TPSA) is 121 Å². The zero-order chi connectivity index (χ0) is 21.3. The van der Waals surface area contributed by atoms with E-state index in [1.165, 1.54) is 29.2 Å². The van der Waals surface area contributed by atoms with Gasteiger partial charge in [0.2, 0.25) is 0 Å². The fourth-order valence-corrected chi connectivity index (χ4v) is 3.67. The van der Waals surface area contributed by atoms with E-state index in [0.29, 0.717) is 41.6 Å². The van der Waals surface area contributed by atoms with Gasteiger partial charge in [0, 0.05) is 49.5 Å². The van der Waals surface area contributed by atoms with E-state index in [0.717, 1.165) is 0 Å². The van der Waals surface area contributed by atoms with Gasteiger partial charge >= 0.3 is 0 Å². The van der Waals surface area contributed by atoms with Gasteiger partial charge in [-0.15, -0.1) is 0 Å². The van der Waals surface area contributed by atoms with E-state index in [9.17, 15) is 8.78 Å². The van der Waals surface area contributed by atoms with Crippen molar-refractivity contribution in [2.45, 2.75) is 25.4 Å². The van der Waals surface area contributed by atoms with Crippen LogP contribution in [0.4, 0.5) is 14.6 Å². The number of aromatic nitrogens is 5. The van der Waals surface area contributed by atoms with Crippen LogP contribution in [0.3, 0.4) is 0 Å². The van der Waals surface area contributed by atoms with Crippen LogP contribution in [0.25, 0.3) is 17.2 Å². The molecular weight excluding hydrogens is 392 g/mol. The Balaban J connectivity index is 1.70. The molecule has 156 valence electrons. The summed E-state index contributed by atoms with van der Waals surface area (Å²) >= 11 is 0. The lowest BCUT2D eigenvalue weighted by Crippen LogP contribution is -2.58. The van der Waals surface area contributed by atoms with E-state index in [1.54, 1.807) is 18.5 Å². The van der Waals surface area contributed by atoms with E-state index in [2.05, 4.69) is 30.2 Å². The lowest BCUT2D eigenvalue weighted by molar-refractivity contribution is 0.145. The Labute approximate surface area is 171 Å². The smallest absolute Gasteiger partial charge is 0.281 e. The maximum atomic E-state index is 13.1. The number of nitrogens with one attached hydrogen (secondary N) is 2. The van der Waals surface area contributed by atoms with Gasteiger partial charge in [0.1, 0.15) is 17.2 Å². The summed E-state index contributed by atoms with van der Waals surface area (Å²) in [6, 6.07) is 1.67. The highest BCUT2D eigenvalue weighted by Crippen LogP contribution is 2.25. The molecule has 0 aliphatic carbocycles. The van der Waals surface area contributed by atoms with Gasteiger partial charge in [-0.2, -0.15) is 0 Å². The Morgan fingerprint density at radius 3 is 2.90 bits per heavy atom. The molecule has 0 radical (unpaired) electrons. The van der Waals surface area contributed by atoms with Crippen LogP contribution in [0, 0.1) is 5.41 Å². The second kappa shape index (κ2) is 8.11. The van der Waals surface area contributed by atoms with Crippen molar-refractivity contribution >= 4 is 17.7 Å². The third kappa shape index (κ3) is 3.47. The van der Waals surface area contributed by atoms with E-state index in [-0.39, 0.29) is 17.8 Å². The molecule has 4 N–H and O–H groups in total. The number of halogens is 2. The van der Waals surface area contributed by atoms with Crippen molar-refractivity contribution in [2.24, 2.45) is 5.73 Å². The first-order valence-electron chi connectivity index (χ1n) is 9.40. The largest absolute Gasteiger partial charge is 0.404 e. The number of fused-ring (bicyclic) bond motifs is 1. The van der Waals surface area contributed by atoms with E-state index in [4.69, 9.17) is 11.1 Å². The lowest BCUT2D eigenvalue weighted by atomic mass is 9.98. The number of nitrogens with zero attached hydrogens (tertiary/aromatic N) is 6. The summed E-state index contributed by atoms with van der Waals surface area (Å²) in [5, 5.41) is 11.0. The van der Waals surface area contributed by atoms with Crippen LogP contribution < -0.4 is 16.0 Å². The minimum absolute atomic E-state index is 0.0188. The average Bonchev–Trinajstić information content (AvgIpc) is 3.19. The highest BCUT2D eigenvalue weighted by atomic mass is 19.3. The average molecular weight is 413 g/mol.